The highest BCUT2D eigenvalue weighted by Gasteiger charge is 2.12. The molecule has 2 aromatic heterocycles. The molecule has 0 radical (unpaired) electrons. The molecule has 0 saturated heterocycles. The van der Waals surface area contributed by atoms with Crippen LogP contribution in [-0.4, -0.2) is 37.6 Å². The van der Waals surface area contributed by atoms with Crippen LogP contribution in [0.4, 0.5) is 0 Å². The lowest BCUT2D eigenvalue weighted by Crippen LogP contribution is -2.11. The first-order valence-corrected chi connectivity index (χ1v) is 7.37. The summed E-state index contributed by atoms with van der Waals surface area (Å²) in [4.78, 5) is 15.5. The molecule has 0 saturated carbocycles. The first-order valence-electron chi connectivity index (χ1n) is 7.37. The minimum absolute atomic E-state index is 0.0408. The molecule has 4 aromatic rings. The number of hydrogen-bond donors (Lipinski definition) is 1. The van der Waals surface area contributed by atoms with Gasteiger partial charge in [0.1, 0.15) is 12.1 Å². The number of aromatic amines is 1. The molecule has 2 aromatic carbocycles. The third-order valence-corrected chi connectivity index (χ3v) is 3.69. The third kappa shape index (κ3) is 2.63. The summed E-state index contributed by atoms with van der Waals surface area (Å²) in [5.41, 5.74) is 2.32. The standard InChI is InChI=1S/C17H13N5O2/c23-17(15-9-18-16-7-2-1-6-14(15)16)10-24-13-5-3-4-12(8-13)22-11-19-20-21-22/h1-9,11,18H,10H2. The number of nitrogens with one attached hydrogen (secondary N) is 1. The van der Waals surface area contributed by atoms with Crippen LogP contribution in [0.1, 0.15) is 10.4 Å². The van der Waals surface area contributed by atoms with Gasteiger partial charge in [0, 0.05) is 28.7 Å². The van der Waals surface area contributed by atoms with Gasteiger partial charge in [-0.2, -0.15) is 0 Å². The van der Waals surface area contributed by atoms with Gasteiger partial charge in [-0.1, -0.05) is 24.3 Å². The highest BCUT2D eigenvalue weighted by molar-refractivity contribution is 6.08. The number of ketones is 1. The first kappa shape index (κ1) is 14.1. The monoisotopic (exact) mass is 319 g/mol. The average Bonchev–Trinajstić information content (AvgIpc) is 3.29. The molecule has 4 rings (SSSR count). The van der Waals surface area contributed by atoms with Gasteiger partial charge in [-0.05, 0) is 28.6 Å². The molecular formula is C17H13N5O2. The van der Waals surface area contributed by atoms with Crippen molar-refractivity contribution in [3.8, 4) is 11.4 Å². The topological polar surface area (TPSA) is 85.7 Å². The van der Waals surface area contributed by atoms with E-state index in [2.05, 4.69) is 20.5 Å². The summed E-state index contributed by atoms with van der Waals surface area (Å²) in [5.74, 6) is 0.497. The quantitative estimate of drug-likeness (QED) is 0.571. The second-order valence-electron chi connectivity index (χ2n) is 5.21. The maximum atomic E-state index is 12.4. The van der Waals surface area contributed by atoms with Gasteiger partial charge in [0.05, 0.1) is 5.69 Å². The van der Waals surface area contributed by atoms with E-state index in [1.54, 1.807) is 18.3 Å². The first-order chi connectivity index (χ1) is 11.8. The van der Waals surface area contributed by atoms with E-state index in [0.29, 0.717) is 11.3 Å². The molecule has 24 heavy (non-hydrogen) atoms. The largest absolute Gasteiger partial charge is 0.485 e. The molecule has 1 N–H and O–H groups in total. The molecule has 0 unspecified atom stereocenters. The molecule has 7 nitrogen and oxygen atoms in total. The molecule has 0 fully saturated rings. The predicted molar refractivity (Wildman–Crippen MR) is 87.3 cm³/mol. The van der Waals surface area contributed by atoms with E-state index in [4.69, 9.17) is 4.74 Å². The summed E-state index contributed by atoms with van der Waals surface area (Å²) < 4.78 is 7.16. The van der Waals surface area contributed by atoms with E-state index in [1.807, 2.05) is 36.4 Å². The number of aromatic nitrogens is 5. The van der Waals surface area contributed by atoms with Gasteiger partial charge < -0.3 is 9.72 Å². The number of Topliss-reactive ketones (excluding diaryl/α,β-unsaturated/α-hetero) is 1. The molecule has 0 amide bonds. The lowest BCUT2D eigenvalue weighted by molar-refractivity contribution is 0.0923. The van der Waals surface area contributed by atoms with Crippen molar-refractivity contribution in [3.63, 3.8) is 0 Å². The minimum Gasteiger partial charge on any atom is -0.485 e. The van der Waals surface area contributed by atoms with Gasteiger partial charge >= 0.3 is 0 Å². The molecule has 0 aliphatic rings. The van der Waals surface area contributed by atoms with Crippen LogP contribution in [0.25, 0.3) is 16.6 Å². The predicted octanol–water partition coefficient (Wildman–Crippen LogP) is 2.41. The van der Waals surface area contributed by atoms with E-state index < -0.39 is 0 Å². The van der Waals surface area contributed by atoms with E-state index in [9.17, 15) is 4.79 Å². The van der Waals surface area contributed by atoms with Gasteiger partial charge in [-0.15, -0.1) is 5.10 Å². The Bertz CT molecular complexity index is 991. The van der Waals surface area contributed by atoms with Crippen molar-refractivity contribution in [3.05, 3.63) is 66.6 Å². The van der Waals surface area contributed by atoms with Crippen molar-refractivity contribution < 1.29 is 9.53 Å². The Kier molecular flexibility index (Phi) is 3.51. The lowest BCUT2D eigenvalue weighted by Gasteiger charge is -2.07. The van der Waals surface area contributed by atoms with Gasteiger partial charge in [0.2, 0.25) is 5.78 Å². The number of para-hydroxylation sites is 1. The number of ether oxygens (including phenoxy) is 1. The Morgan fingerprint density at radius 2 is 2.08 bits per heavy atom. The second-order valence-corrected chi connectivity index (χ2v) is 5.21. The molecule has 2 heterocycles. The van der Waals surface area contributed by atoms with Crippen molar-refractivity contribution in [1.29, 1.82) is 0 Å². The summed E-state index contributed by atoms with van der Waals surface area (Å²) in [7, 11) is 0. The number of carbonyl (C=O) groups excluding carboxylic acids is 1. The zero-order valence-electron chi connectivity index (χ0n) is 12.6. The van der Waals surface area contributed by atoms with Gasteiger partial charge in [0.15, 0.2) is 6.61 Å². The summed E-state index contributed by atoms with van der Waals surface area (Å²) in [5, 5.41) is 11.9. The average molecular weight is 319 g/mol. The number of nitrogens with zero attached hydrogens (tertiary/aromatic N) is 4. The number of carbonyl (C=O) groups is 1. The number of benzene rings is 2. The number of tetrazole rings is 1. The summed E-state index contributed by atoms with van der Waals surface area (Å²) in [6, 6.07) is 14.9. The minimum atomic E-state index is -0.0831. The Labute approximate surface area is 136 Å². The van der Waals surface area contributed by atoms with Crippen molar-refractivity contribution in [2.45, 2.75) is 0 Å². The Morgan fingerprint density at radius 3 is 2.96 bits per heavy atom. The van der Waals surface area contributed by atoms with Gasteiger partial charge in [-0.3, -0.25) is 4.79 Å². The molecule has 7 heteroatoms. The zero-order valence-corrected chi connectivity index (χ0v) is 12.6. The Balaban J connectivity index is 1.51. The molecule has 118 valence electrons. The van der Waals surface area contributed by atoms with Crippen LogP contribution in [0.2, 0.25) is 0 Å². The van der Waals surface area contributed by atoms with E-state index in [1.165, 1.54) is 11.0 Å². The van der Waals surface area contributed by atoms with Gasteiger partial charge in [-0.25, -0.2) is 4.68 Å². The summed E-state index contributed by atoms with van der Waals surface area (Å²) in [6.45, 7) is -0.0408. The maximum Gasteiger partial charge on any atom is 0.202 e. The van der Waals surface area contributed by atoms with Crippen LogP contribution in [0, 0.1) is 0 Å². The molecule has 0 bridgehead atoms. The number of fused-ring (bicyclic) bond motifs is 1. The third-order valence-electron chi connectivity index (χ3n) is 3.69. The van der Waals surface area contributed by atoms with E-state index >= 15 is 0 Å². The van der Waals surface area contributed by atoms with Crippen LogP contribution in [-0.2, 0) is 0 Å². The Hall–Kier alpha value is -3.48. The maximum absolute atomic E-state index is 12.4. The van der Waals surface area contributed by atoms with Crippen molar-refractivity contribution >= 4 is 16.7 Å². The van der Waals surface area contributed by atoms with Crippen LogP contribution in [0.15, 0.2) is 61.1 Å². The molecule has 0 atom stereocenters. The number of rotatable bonds is 5. The lowest BCUT2D eigenvalue weighted by atomic mass is 10.1. The Morgan fingerprint density at radius 1 is 1.17 bits per heavy atom. The fourth-order valence-corrected chi connectivity index (χ4v) is 2.52. The smallest absolute Gasteiger partial charge is 0.202 e. The van der Waals surface area contributed by atoms with Crippen LogP contribution < -0.4 is 4.74 Å². The molecular weight excluding hydrogens is 306 g/mol. The van der Waals surface area contributed by atoms with Crippen molar-refractivity contribution in [2.75, 3.05) is 6.61 Å². The molecule has 0 aliphatic carbocycles. The van der Waals surface area contributed by atoms with E-state index in [0.717, 1.165) is 16.6 Å². The fraction of sp³-hybridized carbons (Fsp3) is 0.0588. The van der Waals surface area contributed by atoms with E-state index in [-0.39, 0.29) is 12.4 Å². The number of hydrogen-bond acceptors (Lipinski definition) is 5. The summed E-state index contributed by atoms with van der Waals surface area (Å²) >= 11 is 0. The fourth-order valence-electron chi connectivity index (χ4n) is 2.52. The van der Waals surface area contributed by atoms with Gasteiger partial charge in [0.25, 0.3) is 0 Å². The SMILES string of the molecule is O=C(COc1cccc(-n2cnnn2)c1)c1c[nH]c2ccccc12. The highest BCUT2D eigenvalue weighted by atomic mass is 16.5. The summed E-state index contributed by atoms with van der Waals surface area (Å²) in [6.07, 6.45) is 3.21. The highest BCUT2D eigenvalue weighted by Crippen LogP contribution is 2.20. The molecule has 0 spiro atoms. The van der Waals surface area contributed by atoms with Crippen molar-refractivity contribution in [1.82, 2.24) is 25.2 Å². The van der Waals surface area contributed by atoms with Crippen LogP contribution in [0.5, 0.6) is 5.75 Å². The zero-order chi connectivity index (χ0) is 16.4. The second kappa shape index (κ2) is 5.96. The van der Waals surface area contributed by atoms with Crippen molar-refractivity contribution in [2.24, 2.45) is 0 Å². The number of H-pyrrole nitrogens is 1. The normalized spacial score (nSPS) is 10.8. The van der Waals surface area contributed by atoms with Crippen LogP contribution >= 0.6 is 0 Å². The molecule has 0 aliphatic heterocycles. The van der Waals surface area contributed by atoms with Crippen LogP contribution in [0.3, 0.4) is 0 Å².